The molecule has 1 aromatic carbocycles. The van der Waals surface area contributed by atoms with E-state index in [9.17, 15) is 12.8 Å². The second kappa shape index (κ2) is 5.64. The minimum absolute atomic E-state index is 0.0709. The van der Waals surface area contributed by atoms with Crippen molar-refractivity contribution in [3.8, 4) is 0 Å². The van der Waals surface area contributed by atoms with Gasteiger partial charge in [-0.1, -0.05) is 0 Å². The van der Waals surface area contributed by atoms with Gasteiger partial charge in [-0.3, -0.25) is 0 Å². The maximum atomic E-state index is 13.4. The predicted octanol–water partition coefficient (Wildman–Crippen LogP) is 0.556. The van der Waals surface area contributed by atoms with E-state index in [4.69, 9.17) is 5.73 Å². The van der Waals surface area contributed by atoms with E-state index in [-0.39, 0.29) is 22.7 Å². The van der Waals surface area contributed by atoms with Crippen molar-refractivity contribution in [1.82, 2.24) is 9.62 Å². The largest absolute Gasteiger partial charge is 0.399 e. The molecule has 1 rings (SSSR count). The average Bonchev–Trinajstić information content (AvgIpc) is 2.22. The van der Waals surface area contributed by atoms with Gasteiger partial charge in [-0.15, -0.1) is 0 Å². The molecule has 0 spiro atoms. The van der Waals surface area contributed by atoms with E-state index in [0.29, 0.717) is 6.54 Å². The summed E-state index contributed by atoms with van der Waals surface area (Å²) >= 11 is 0. The van der Waals surface area contributed by atoms with Crippen molar-refractivity contribution in [2.75, 3.05) is 32.9 Å². The molecule has 0 unspecified atom stereocenters. The number of likely N-dealkylation sites (N-methyl/N-ethyl adjacent to an activating group) is 1. The fourth-order valence-electron chi connectivity index (χ4n) is 1.43. The van der Waals surface area contributed by atoms with E-state index in [1.54, 1.807) is 0 Å². The van der Waals surface area contributed by atoms with Crippen molar-refractivity contribution in [2.24, 2.45) is 0 Å². The number of halogens is 1. The molecule has 5 nitrogen and oxygen atoms in total. The highest BCUT2D eigenvalue weighted by Crippen LogP contribution is 2.21. The summed E-state index contributed by atoms with van der Waals surface area (Å²) in [4.78, 5) is 1.73. The summed E-state index contributed by atoms with van der Waals surface area (Å²) in [7, 11) is -0.0622. The maximum Gasteiger partial charge on any atom is 0.241 e. The third-order valence-electron chi connectivity index (χ3n) is 2.46. The summed E-state index contributed by atoms with van der Waals surface area (Å²) in [6, 6.07) is 2.37. The zero-order chi connectivity index (χ0) is 13.9. The van der Waals surface area contributed by atoms with Gasteiger partial charge in [0.2, 0.25) is 10.0 Å². The highest BCUT2D eigenvalue weighted by Gasteiger charge is 2.19. The molecule has 3 N–H and O–H groups in total. The van der Waals surface area contributed by atoms with Crippen LogP contribution in [0.5, 0.6) is 0 Å². The standard InChI is InChI=1S/C11H18FN3O2S/c1-8-10(12)6-9(13)7-11(8)18(16,17)14-4-5-15(2)3/h6-7,14H,4-5,13H2,1-3H3. The summed E-state index contributed by atoms with van der Waals surface area (Å²) in [6.07, 6.45) is 0. The summed E-state index contributed by atoms with van der Waals surface area (Å²) < 4.78 is 39.8. The van der Waals surface area contributed by atoms with E-state index in [1.807, 2.05) is 19.0 Å². The fraction of sp³-hybridized carbons (Fsp3) is 0.455. The summed E-state index contributed by atoms with van der Waals surface area (Å²) in [5, 5.41) is 0. The molecule has 0 heterocycles. The molecule has 0 aliphatic rings. The molecule has 0 atom stereocenters. The van der Waals surface area contributed by atoms with Gasteiger partial charge >= 0.3 is 0 Å². The molecule has 102 valence electrons. The van der Waals surface area contributed by atoms with Crippen LogP contribution in [-0.2, 0) is 10.0 Å². The molecule has 0 aromatic heterocycles. The Labute approximate surface area is 107 Å². The lowest BCUT2D eigenvalue weighted by Crippen LogP contribution is -2.31. The Morgan fingerprint density at radius 3 is 2.56 bits per heavy atom. The SMILES string of the molecule is Cc1c(F)cc(N)cc1S(=O)(=O)NCCN(C)C. The normalized spacial score (nSPS) is 12.1. The lowest BCUT2D eigenvalue weighted by atomic mass is 10.2. The first-order valence-electron chi connectivity index (χ1n) is 5.44. The van der Waals surface area contributed by atoms with Crippen molar-refractivity contribution in [3.63, 3.8) is 0 Å². The number of nitrogen functional groups attached to an aromatic ring is 1. The molecule has 0 fully saturated rings. The molecule has 18 heavy (non-hydrogen) atoms. The molecular formula is C11H18FN3O2S. The van der Waals surface area contributed by atoms with E-state index in [2.05, 4.69) is 4.72 Å². The van der Waals surface area contributed by atoms with Crippen LogP contribution in [0.4, 0.5) is 10.1 Å². The van der Waals surface area contributed by atoms with Crippen LogP contribution in [0.2, 0.25) is 0 Å². The zero-order valence-electron chi connectivity index (χ0n) is 10.7. The maximum absolute atomic E-state index is 13.4. The van der Waals surface area contributed by atoms with Gasteiger partial charge in [-0.25, -0.2) is 17.5 Å². The molecule has 0 saturated heterocycles. The number of nitrogens with one attached hydrogen (secondary N) is 1. The Balaban J connectivity index is 2.98. The molecular weight excluding hydrogens is 257 g/mol. The predicted molar refractivity (Wildman–Crippen MR) is 69.3 cm³/mol. The number of hydrogen-bond donors (Lipinski definition) is 2. The highest BCUT2D eigenvalue weighted by molar-refractivity contribution is 7.89. The van der Waals surface area contributed by atoms with Gasteiger partial charge in [-0.05, 0) is 33.2 Å². The van der Waals surface area contributed by atoms with Crippen molar-refractivity contribution in [1.29, 1.82) is 0 Å². The van der Waals surface area contributed by atoms with Crippen LogP contribution < -0.4 is 10.5 Å². The van der Waals surface area contributed by atoms with E-state index >= 15 is 0 Å². The molecule has 0 saturated carbocycles. The fourth-order valence-corrected chi connectivity index (χ4v) is 2.74. The van der Waals surface area contributed by atoms with Crippen LogP contribution in [0.25, 0.3) is 0 Å². The van der Waals surface area contributed by atoms with Crippen LogP contribution >= 0.6 is 0 Å². The molecule has 0 bridgehead atoms. The highest BCUT2D eigenvalue weighted by atomic mass is 32.2. The van der Waals surface area contributed by atoms with Crippen LogP contribution in [0.3, 0.4) is 0 Å². The van der Waals surface area contributed by atoms with Gasteiger partial charge in [0.25, 0.3) is 0 Å². The topological polar surface area (TPSA) is 75.4 Å². The van der Waals surface area contributed by atoms with Crippen molar-refractivity contribution >= 4 is 15.7 Å². The summed E-state index contributed by atoms with van der Waals surface area (Å²) in [5.74, 6) is -0.622. The quantitative estimate of drug-likeness (QED) is 0.770. The average molecular weight is 275 g/mol. The second-order valence-electron chi connectivity index (χ2n) is 4.33. The number of hydrogen-bond acceptors (Lipinski definition) is 4. The zero-order valence-corrected chi connectivity index (χ0v) is 11.5. The van der Waals surface area contributed by atoms with E-state index in [1.165, 1.54) is 13.0 Å². The monoisotopic (exact) mass is 275 g/mol. The Morgan fingerprint density at radius 2 is 2.00 bits per heavy atom. The Kier molecular flexibility index (Phi) is 4.66. The Hall–Kier alpha value is -1.18. The van der Waals surface area contributed by atoms with Gasteiger partial charge < -0.3 is 10.6 Å². The third kappa shape index (κ3) is 3.66. The number of benzene rings is 1. The van der Waals surface area contributed by atoms with Gasteiger partial charge in [0.1, 0.15) is 5.82 Å². The summed E-state index contributed by atoms with van der Waals surface area (Å²) in [6.45, 7) is 2.23. The van der Waals surface area contributed by atoms with Crippen LogP contribution in [0, 0.1) is 12.7 Å². The molecule has 0 radical (unpaired) electrons. The Morgan fingerprint density at radius 1 is 1.39 bits per heavy atom. The van der Waals surface area contributed by atoms with Gasteiger partial charge in [0.05, 0.1) is 4.90 Å². The third-order valence-corrected chi connectivity index (χ3v) is 4.05. The van der Waals surface area contributed by atoms with Gasteiger partial charge in [0.15, 0.2) is 0 Å². The van der Waals surface area contributed by atoms with Gasteiger partial charge in [0, 0.05) is 24.3 Å². The number of rotatable bonds is 5. The van der Waals surface area contributed by atoms with E-state index in [0.717, 1.165) is 6.07 Å². The first-order chi connectivity index (χ1) is 8.24. The van der Waals surface area contributed by atoms with Crippen LogP contribution in [-0.4, -0.2) is 40.5 Å². The van der Waals surface area contributed by atoms with Crippen molar-refractivity contribution < 1.29 is 12.8 Å². The Bertz CT molecular complexity index is 529. The molecule has 1 aromatic rings. The van der Waals surface area contributed by atoms with Gasteiger partial charge in [-0.2, -0.15) is 0 Å². The number of nitrogens with zero attached hydrogens (tertiary/aromatic N) is 1. The first kappa shape index (κ1) is 14.9. The molecule has 0 amide bonds. The summed E-state index contributed by atoms with van der Waals surface area (Å²) in [5.41, 5.74) is 5.62. The van der Waals surface area contributed by atoms with Crippen LogP contribution in [0.1, 0.15) is 5.56 Å². The van der Waals surface area contributed by atoms with Crippen LogP contribution in [0.15, 0.2) is 17.0 Å². The second-order valence-corrected chi connectivity index (χ2v) is 6.06. The molecule has 7 heteroatoms. The minimum atomic E-state index is -3.73. The molecule has 0 aliphatic heterocycles. The first-order valence-corrected chi connectivity index (χ1v) is 6.92. The minimum Gasteiger partial charge on any atom is -0.399 e. The van der Waals surface area contributed by atoms with Crippen molar-refractivity contribution in [2.45, 2.75) is 11.8 Å². The number of sulfonamides is 1. The number of nitrogens with two attached hydrogens (primary N) is 1. The number of anilines is 1. The smallest absolute Gasteiger partial charge is 0.241 e. The van der Waals surface area contributed by atoms with Crippen molar-refractivity contribution in [3.05, 3.63) is 23.5 Å². The van der Waals surface area contributed by atoms with E-state index < -0.39 is 15.8 Å². The lowest BCUT2D eigenvalue weighted by molar-refractivity contribution is 0.412. The molecule has 0 aliphatic carbocycles. The lowest BCUT2D eigenvalue weighted by Gasteiger charge is -2.13.